The summed E-state index contributed by atoms with van der Waals surface area (Å²) in [4.78, 5) is 32.0. The van der Waals surface area contributed by atoms with Crippen molar-refractivity contribution in [3.8, 4) is 17.2 Å². The van der Waals surface area contributed by atoms with Crippen LogP contribution in [0.25, 0.3) is 6.08 Å². The fraction of sp³-hybridized carbons (Fsp3) is 0.321. The van der Waals surface area contributed by atoms with Crippen molar-refractivity contribution in [2.75, 3.05) is 20.8 Å². The minimum absolute atomic E-state index is 0.0226. The molecule has 1 aliphatic heterocycles. The van der Waals surface area contributed by atoms with Crippen LogP contribution in [0.1, 0.15) is 44.9 Å². The van der Waals surface area contributed by atoms with Gasteiger partial charge in [0, 0.05) is 5.56 Å². The zero-order valence-corrected chi connectivity index (χ0v) is 22.5. The number of allylic oxidation sites excluding steroid dienone is 1. The molecule has 1 unspecified atom stereocenters. The molecule has 1 aromatic heterocycles. The van der Waals surface area contributed by atoms with Gasteiger partial charge in [0.1, 0.15) is 17.2 Å². The van der Waals surface area contributed by atoms with Gasteiger partial charge in [-0.05, 0) is 69.7 Å². The summed E-state index contributed by atoms with van der Waals surface area (Å²) in [6.45, 7) is 7.63. The number of benzene rings is 2. The van der Waals surface area contributed by atoms with Crippen LogP contribution in [0, 0.1) is 0 Å². The fourth-order valence-corrected chi connectivity index (χ4v) is 5.24. The Morgan fingerprint density at radius 1 is 1.11 bits per heavy atom. The predicted molar refractivity (Wildman–Crippen MR) is 142 cm³/mol. The largest absolute Gasteiger partial charge is 0.497 e. The third-order valence-electron chi connectivity index (χ3n) is 5.81. The average Bonchev–Trinajstić information content (AvgIpc) is 3.17. The third kappa shape index (κ3) is 5.32. The van der Waals surface area contributed by atoms with E-state index in [-0.39, 0.29) is 18.3 Å². The van der Waals surface area contributed by atoms with Crippen molar-refractivity contribution in [3.63, 3.8) is 0 Å². The zero-order valence-electron chi connectivity index (χ0n) is 21.7. The molecule has 0 amide bonds. The Labute approximate surface area is 219 Å². The van der Waals surface area contributed by atoms with Gasteiger partial charge < -0.3 is 18.9 Å². The van der Waals surface area contributed by atoms with Crippen molar-refractivity contribution in [3.05, 3.63) is 84.5 Å². The molecule has 0 bridgehead atoms. The molecule has 2 aromatic carbocycles. The van der Waals surface area contributed by atoms with Gasteiger partial charge in [0.05, 0.1) is 48.8 Å². The molecule has 8 nitrogen and oxygen atoms in total. The molecule has 3 aromatic rings. The molecule has 0 saturated carbocycles. The summed E-state index contributed by atoms with van der Waals surface area (Å²) in [5, 5.41) is 0. The molecular formula is C28H30N2O6S. The van der Waals surface area contributed by atoms with E-state index >= 15 is 0 Å². The Kier molecular flexibility index (Phi) is 7.83. The smallest absolute Gasteiger partial charge is 0.338 e. The van der Waals surface area contributed by atoms with E-state index in [0.717, 1.165) is 5.56 Å². The molecule has 0 saturated heterocycles. The summed E-state index contributed by atoms with van der Waals surface area (Å²) >= 11 is 1.25. The van der Waals surface area contributed by atoms with Crippen molar-refractivity contribution >= 4 is 23.4 Å². The van der Waals surface area contributed by atoms with Crippen LogP contribution in [0.4, 0.5) is 0 Å². The second-order valence-electron chi connectivity index (χ2n) is 8.65. The van der Waals surface area contributed by atoms with Gasteiger partial charge in [-0.25, -0.2) is 9.79 Å². The van der Waals surface area contributed by atoms with Gasteiger partial charge >= 0.3 is 5.97 Å². The Bertz CT molecular complexity index is 1520. The number of carbonyl (C=O) groups excluding carboxylic acids is 1. The van der Waals surface area contributed by atoms with E-state index in [9.17, 15) is 9.59 Å². The van der Waals surface area contributed by atoms with Gasteiger partial charge in [0.15, 0.2) is 4.80 Å². The van der Waals surface area contributed by atoms with Crippen LogP contribution < -0.4 is 29.1 Å². The van der Waals surface area contributed by atoms with Gasteiger partial charge in [-0.1, -0.05) is 23.5 Å². The standard InChI is InChI=1S/C28H30N2O6S/c1-7-35-27(32)24-17(4)29-28-30(25(24)18-8-10-20(11-9-18)36-16(2)3)26(31)23(37-28)15-19-14-21(33-5)12-13-22(19)34-6/h8-16,25H,7H2,1-6H3. The SMILES string of the molecule is CCOC(=O)C1=C(C)N=c2sc(=Cc3cc(OC)ccc3OC)c(=O)n2C1c1ccc(OC(C)C)cc1. The monoisotopic (exact) mass is 522 g/mol. The Hall–Kier alpha value is -3.85. The Morgan fingerprint density at radius 3 is 2.43 bits per heavy atom. The van der Waals surface area contributed by atoms with Crippen molar-refractivity contribution in [2.24, 2.45) is 4.99 Å². The number of carbonyl (C=O) groups is 1. The van der Waals surface area contributed by atoms with Gasteiger partial charge in [0.2, 0.25) is 0 Å². The zero-order chi connectivity index (χ0) is 26.7. The lowest BCUT2D eigenvalue weighted by Gasteiger charge is -2.25. The first-order chi connectivity index (χ1) is 17.8. The number of ether oxygens (including phenoxy) is 4. The lowest BCUT2D eigenvalue weighted by molar-refractivity contribution is -0.139. The summed E-state index contributed by atoms with van der Waals surface area (Å²) in [7, 11) is 3.15. The molecule has 0 fully saturated rings. The number of esters is 1. The van der Waals surface area contributed by atoms with E-state index < -0.39 is 12.0 Å². The van der Waals surface area contributed by atoms with Crippen molar-refractivity contribution in [2.45, 2.75) is 39.8 Å². The highest BCUT2D eigenvalue weighted by molar-refractivity contribution is 7.07. The fourth-order valence-electron chi connectivity index (χ4n) is 4.20. The highest BCUT2D eigenvalue weighted by atomic mass is 32.1. The summed E-state index contributed by atoms with van der Waals surface area (Å²) in [5.41, 5.74) is 2.02. The maximum absolute atomic E-state index is 13.8. The number of fused-ring (bicyclic) bond motifs is 1. The minimum Gasteiger partial charge on any atom is -0.497 e. The van der Waals surface area contributed by atoms with Crippen LogP contribution in [-0.2, 0) is 9.53 Å². The second kappa shape index (κ2) is 11.0. The molecule has 2 heterocycles. The van der Waals surface area contributed by atoms with E-state index in [1.54, 1.807) is 56.9 Å². The van der Waals surface area contributed by atoms with Crippen molar-refractivity contribution in [1.29, 1.82) is 0 Å². The maximum Gasteiger partial charge on any atom is 0.338 e. The van der Waals surface area contributed by atoms with E-state index in [2.05, 4.69) is 4.99 Å². The van der Waals surface area contributed by atoms with Gasteiger partial charge in [0.25, 0.3) is 5.56 Å². The van der Waals surface area contributed by atoms with Gasteiger partial charge in [-0.15, -0.1) is 0 Å². The van der Waals surface area contributed by atoms with Crippen molar-refractivity contribution in [1.82, 2.24) is 4.57 Å². The molecule has 1 aliphatic rings. The number of methoxy groups -OCH3 is 2. The van der Waals surface area contributed by atoms with E-state index in [4.69, 9.17) is 18.9 Å². The highest BCUT2D eigenvalue weighted by Gasteiger charge is 2.33. The minimum atomic E-state index is -0.697. The number of nitrogens with zero attached hydrogens (tertiary/aromatic N) is 2. The van der Waals surface area contributed by atoms with Crippen LogP contribution >= 0.6 is 11.3 Å². The summed E-state index contributed by atoms with van der Waals surface area (Å²) in [6.07, 6.45) is 1.78. The van der Waals surface area contributed by atoms with Crippen LogP contribution in [0.15, 0.2) is 63.5 Å². The molecule has 4 rings (SSSR count). The topological polar surface area (TPSA) is 88.4 Å². The molecule has 37 heavy (non-hydrogen) atoms. The first kappa shape index (κ1) is 26.2. The third-order valence-corrected chi connectivity index (χ3v) is 6.79. The molecule has 0 N–H and O–H groups in total. The molecular weight excluding hydrogens is 492 g/mol. The van der Waals surface area contributed by atoms with E-state index in [1.807, 2.05) is 38.1 Å². The first-order valence-corrected chi connectivity index (χ1v) is 12.8. The number of hydrogen-bond acceptors (Lipinski definition) is 8. The quantitative estimate of drug-likeness (QED) is 0.420. The van der Waals surface area contributed by atoms with Crippen molar-refractivity contribution < 1.29 is 23.7 Å². The number of rotatable bonds is 8. The van der Waals surface area contributed by atoms with Crippen LogP contribution in [0.2, 0.25) is 0 Å². The van der Waals surface area contributed by atoms with E-state index in [0.29, 0.717) is 43.4 Å². The summed E-state index contributed by atoms with van der Waals surface area (Å²) in [6, 6.07) is 12.1. The predicted octanol–water partition coefficient (Wildman–Crippen LogP) is 3.60. The number of hydrogen-bond donors (Lipinski definition) is 0. The maximum atomic E-state index is 13.8. The van der Waals surface area contributed by atoms with E-state index in [1.165, 1.54) is 11.3 Å². The Balaban J connectivity index is 1.92. The highest BCUT2D eigenvalue weighted by Crippen LogP contribution is 2.32. The van der Waals surface area contributed by atoms with Gasteiger partial charge in [-0.3, -0.25) is 9.36 Å². The molecule has 0 radical (unpaired) electrons. The molecule has 0 spiro atoms. The van der Waals surface area contributed by atoms with Crippen LogP contribution in [0.3, 0.4) is 0 Å². The summed E-state index contributed by atoms with van der Waals surface area (Å²) < 4.78 is 24.0. The second-order valence-corrected chi connectivity index (χ2v) is 9.65. The number of thiazole rings is 1. The first-order valence-electron chi connectivity index (χ1n) is 12.0. The molecule has 9 heteroatoms. The summed E-state index contributed by atoms with van der Waals surface area (Å²) in [5.74, 6) is 1.45. The molecule has 1 atom stereocenters. The molecule has 194 valence electrons. The lowest BCUT2D eigenvalue weighted by Crippen LogP contribution is -2.39. The van der Waals surface area contributed by atoms with Gasteiger partial charge in [-0.2, -0.15) is 0 Å². The normalized spacial score (nSPS) is 15.3. The number of aromatic nitrogens is 1. The average molecular weight is 523 g/mol. The van der Waals surface area contributed by atoms with Crippen LogP contribution in [0.5, 0.6) is 17.2 Å². The lowest BCUT2D eigenvalue weighted by atomic mass is 9.96. The van der Waals surface area contributed by atoms with Crippen LogP contribution in [-0.4, -0.2) is 37.5 Å². The Morgan fingerprint density at radius 2 is 1.81 bits per heavy atom. The molecule has 0 aliphatic carbocycles.